The van der Waals surface area contributed by atoms with Crippen molar-refractivity contribution < 1.29 is 4.39 Å². The number of hydrogen-bond donors (Lipinski definition) is 0. The van der Waals surface area contributed by atoms with Crippen molar-refractivity contribution in [1.82, 2.24) is 0 Å². The summed E-state index contributed by atoms with van der Waals surface area (Å²) in [6, 6.07) is 15.7. The predicted molar refractivity (Wildman–Crippen MR) is 117 cm³/mol. The topological polar surface area (TPSA) is 0 Å². The van der Waals surface area contributed by atoms with Crippen molar-refractivity contribution in [2.45, 2.75) is 76.2 Å². The van der Waals surface area contributed by atoms with Crippen molar-refractivity contribution in [3.8, 4) is 11.1 Å². The van der Waals surface area contributed by atoms with E-state index in [2.05, 4.69) is 47.5 Å². The van der Waals surface area contributed by atoms with Crippen molar-refractivity contribution in [2.24, 2.45) is 11.8 Å². The van der Waals surface area contributed by atoms with E-state index in [9.17, 15) is 4.39 Å². The molecule has 0 atom stereocenters. The molecule has 0 aromatic heterocycles. The van der Waals surface area contributed by atoms with E-state index in [1.165, 1.54) is 62.5 Å². The predicted octanol–water partition coefficient (Wildman–Crippen LogP) is 7.65. The number of rotatable bonds is 4. The molecule has 2 fully saturated rings. The van der Waals surface area contributed by atoms with Crippen LogP contribution in [-0.2, 0) is 0 Å². The summed E-state index contributed by atoms with van der Waals surface area (Å²) in [6.07, 6.45) is 10.1. The third-order valence-electron chi connectivity index (χ3n) is 7.31. The molecule has 28 heavy (non-hydrogen) atoms. The number of halogens is 1. The molecular formula is C26H32FSi. The molecule has 0 aliphatic heterocycles. The molecule has 147 valence electrons. The van der Waals surface area contributed by atoms with Crippen LogP contribution < -0.4 is 0 Å². The average Bonchev–Trinajstić information content (AvgIpc) is 2.74. The molecule has 0 bridgehead atoms. The molecule has 4 rings (SSSR count). The lowest BCUT2D eigenvalue weighted by molar-refractivity contribution is 0.347. The lowest BCUT2D eigenvalue weighted by Gasteiger charge is -2.28. The summed E-state index contributed by atoms with van der Waals surface area (Å²) in [5.41, 5.74) is 4.35. The summed E-state index contributed by atoms with van der Waals surface area (Å²) >= 11 is 0. The second-order valence-corrected chi connectivity index (χ2v) is 9.65. The van der Waals surface area contributed by atoms with Crippen molar-refractivity contribution >= 4 is 10.2 Å². The lowest BCUT2D eigenvalue weighted by Crippen LogP contribution is -2.13. The van der Waals surface area contributed by atoms with E-state index in [1.807, 2.05) is 6.07 Å². The molecule has 2 aliphatic rings. The van der Waals surface area contributed by atoms with Gasteiger partial charge in [0.05, 0.1) is 0 Å². The van der Waals surface area contributed by atoms with Gasteiger partial charge in [0.1, 0.15) is 5.82 Å². The summed E-state index contributed by atoms with van der Waals surface area (Å²) in [7, 11) is 3.66. The zero-order valence-corrected chi connectivity index (χ0v) is 18.1. The van der Waals surface area contributed by atoms with Crippen LogP contribution in [0.5, 0.6) is 0 Å². The van der Waals surface area contributed by atoms with Gasteiger partial charge in [-0.15, -0.1) is 0 Å². The second kappa shape index (κ2) is 8.94. The van der Waals surface area contributed by atoms with E-state index in [0.29, 0.717) is 11.8 Å². The SMILES string of the molecule is CC1CCC(c2ccc(-c3ccc(C4CCC(C[Si])CC4)cc3F)cc2)CC1. The largest absolute Gasteiger partial charge is 0.206 e. The van der Waals surface area contributed by atoms with Crippen LogP contribution in [0.1, 0.15) is 81.3 Å². The van der Waals surface area contributed by atoms with Gasteiger partial charge in [-0.1, -0.05) is 75.0 Å². The molecule has 0 saturated heterocycles. The van der Waals surface area contributed by atoms with Crippen LogP contribution in [0.25, 0.3) is 11.1 Å². The molecule has 2 aliphatic carbocycles. The average molecular weight is 392 g/mol. The summed E-state index contributed by atoms with van der Waals surface area (Å²) in [4.78, 5) is 0. The summed E-state index contributed by atoms with van der Waals surface area (Å²) in [5, 5.41) is 0. The Labute approximate surface area is 173 Å². The Morgan fingerprint density at radius 3 is 1.96 bits per heavy atom. The minimum atomic E-state index is -0.0704. The van der Waals surface area contributed by atoms with Crippen LogP contribution in [-0.4, -0.2) is 10.2 Å². The summed E-state index contributed by atoms with van der Waals surface area (Å²) in [5.74, 6) is 2.81. The van der Waals surface area contributed by atoms with Gasteiger partial charge in [0.15, 0.2) is 0 Å². The molecule has 0 unspecified atom stereocenters. The minimum absolute atomic E-state index is 0.0704. The highest BCUT2D eigenvalue weighted by Gasteiger charge is 2.22. The molecule has 0 nitrogen and oxygen atoms in total. The van der Waals surface area contributed by atoms with E-state index < -0.39 is 0 Å². The highest BCUT2D eigenvalue weighted by Crippen LogP contribution is 2.39. The van der Waals surface area contributed by atoms with Gasteiger partial charge in [-0.05, 0) is 72.1 Å². The Hall–Kier alpha value is -1.41. The Morgan fingerprint density at radius 1 is 0.786 bits per heavy atom. The first-order valence-corrected chi connectivity index (χ1v) is 11.9. The number of benzene rings is 2. The van der Waals surface area contributed by atoms with E-state index >= 15 is 0 Å². The minimum Gasteiger partial charge on any atom is -0.206 e. The first-order valence-electron chi connectivity index (χ1n) is 11.2. The van der Waals surface area contributed by atoms with E-state index in [1.54, 1.807) is 6.07 Å². The van der Waals surface area contributed by atoms with Crippen molar-refractivity contribution in [3.05, 3.63) is 59.4 Å². The third-order valence-corrected chi connectivity index (χ3v) is 7.89. The van der Waals surface area contributed by atoms with Crippen molar-refractivity contribution in [2.75, 3.05) is 0 Å². The van der Waals surface area contributed by atoms with Gasteiger partial charge in [0, 0.05) is 15.8 Å². The Balaban J connectivity index is 1.46. The summed E-state index contributed by atoms with van der Waals surface area (Å²) < 4.78 is 14.9. The van der Waals surface area contributed by atoms with Gasteiger partial charge in [-0.25, -0.2) is 4.39 Å². The van der Waals surface area contributed by atoms with E-state index in [-0.39, 0.29) is 5.82 Å². The molecule has 3 radical (unpaired) electrons. The fraction of sp³-hybridized carbons (Fsp3) is 0.538. The smallest absolute Gasteiger partial charge is 0.131 e. The normalized spacial score (nSPS) is 28.2. The molecular weight excluding hydrogens is 359 g/mol. The highest BCUT2D eigenvalue weighted by atomic mass is 28.1. The molecule has 2 saturated carbocycles. The molecule has 2 aromatic carbocycles. The highest BCUT2D eigenvalue weighted by molar-refractivity contribution is 6.08. The maximum Gasteiger partial charge on any atom is 0.131 e. The van der Waals surface area contributed by atoms with Crippen molar-refractivity contribution in [3.63, 3.8) is 0 Å². The maximum absolute atomic E-state index is 14.9. The monoisotopic (exact) mass is 391 g/mol. The fourth-order valence-electron chi connectivity index (χ4n) is 5.25. The van der Waals surface area contributed by atoms with E-state index in [4.69, 9.17) is 0 Å². The van der Waals surface area contributed by atoms with Crippen LogP contribution in [0.15, 0.2) is 42.5 Å². The van der Waals surface area contributed by atoms with E-state index in [0.717, 1.165) is 29.0 Å². The maximum atomic E-state index is 14.9. The Bertz CT molecular complexity index is 766. The van der Waals surface area contributed by atoms with Gasteiger partial charge >= 0.3 is 0 Å². The molecule has 2 aromatic rings. The Kier molecular flexibility index (Phi) is 6.35. The first kappa shape index (κ1) is 19.9. The fourth-order valence-corrected chi connectivity index (χ4v) is 5.66. The molecule has 0 amide bonds. The van der Waals surface area contributed by atoms with Crippen LogP contribution >= 0.6 is 0 Å². The van der Waals surface area contributed by atoms with Crippen LogP contribution in [0.4, 0.5) is 4.39 Å². The zero-order valence-electron chi connectivity index (χ0n) is 17.1. The van der Waals surface area contributed by atoms with Gasteiger partial charge in [0.2, 0.25) is 0 Å². The quantitative estimate of drug-likeness (QED) is 0.470. The molecule has 0 heterocycles. The third kappa shape index (κ3) is 4.43. The zero-order chi connectivity index (χ0) is 19.5. The Morgan fingerprint density at radius 2 is 1.36 bits per heavy atom. The van der Waals surface area contributed by atoms with Gasteiger partial charge in [-0.3, -0.25) is 0 Å². The standard InChI is InChI=1S/C26H32FSi/c1-18-2-6-20(7-3-18)21-10-12-23(13-11-21)25-15-14-24(16-26(25)27)22-8-4-19(17-28)5-9-22/h10-16,18-20,22H,2-9,17H2,1H3. The van der Waals surface area contributed by atoms with Gasteiger partial charge < -0.3 is 0 Å². The molecule has 0 N–H and O–H groups in total. The van der Waals surface area contributed by atoms with Crippen molar-refractivity contribution in [1.29, 1.82) is 0 Å². The van der Waals surface area contributed by atoms with Crippen LogP contribution in [0.2, 0.25) is 6.04 Å². The molecule has 2 heteroatoms. The second-order valence-electron chi connectivity index (χ2n) is 9.24. The van der Waals surface area contributed by atoms with Gasteiger partial charge in [-0.2, -0.15) is 0 Å². The first-order chi connectivity index (χ1) is 13.6. The lowest BCUT2D eigenvalue weighted by atomic mass is 9.78. The van der Waals surface area contributed by atoms with Crippen LogP contribution in [0, 0.1) is 17.7 Å². The van der Waals surface area contributed by atoms with Gasteiger partial charge in [0.25, 0.3) is 0 Å². The summed E-state index contributed by atoms with van der Waals surface area (Å²) in [6.45, 7) is 2.36. The molecule has 0 spiro atoms. The number of hydrogen-bond acceptors (Lipinski definition) is 0. The van der Waals surface area contributed by atoms with Crippen LogP contribution in [0.3, 0.4) is 0 Å².